The molecule has 28 heavy (non-hydrogen) atoms. The molecule has 0 atom stereocenters. The van der Waals surface area contributed by atoms with E-state index < -0.39 is 11.7 Å². The number of hydrogen-bond donors (Lipinski definition) is 2. The molecule has 3 N–H and O–H groups in total. The molecule has 0 radical (unpaired) electrons. The summed E-state index contributed by atoms with van der Waals surface area (Å²) in [5.74, 6) is 0. The molecule has 1 aromatic carbocycles. The van der Waals surface area contributed by atoms with Crippen molar-refractivity contribution < 1.29 is 19.1 Å². The van der Waals surface area contributed by atoms with Crippen LogP contribution in [0.3, 0.4) is 0 Å². The molecule has 1 aromatic rings. The summed E-state index contributed by atoms with van der Waals surface area (Å²) in [6.07, 6.45) is 2.31. The Labute approximate surface area is 167 Å². The van der Waals surface area contributed by atoms with Gasteiger partial charge in [0.2, 0.25) is 0 Å². The summed E-state index contributed by atoms with van der Waals surface area (Å²) >= 11 is 0. The van der Waals surface area contributed by atoms with E-state index in [0.29, 0.717) is 19.6 Å². The van der Waals surface area contributed by atoms with Gasteiger partial charge in [0.15, 0.2) is 0 Å². The van der Waals surface area contributed by atoms with Crippen LogP contribution in [0.15, 0.2) is 30.3 Å². The number of rotatable bonds is 6. The lowest BCUT2D eigenvalue weighted by molar-refractivity contribution is 0.0163. The summed E-state index contributed by atoms with van der Waals surface area (Å²) in [5.41, 5.74) is 6.63. The molecule has 1 saturated heterocycles. The van der Waals surface area contributed by atoms with Crippen LogP contribution in [0.25, 0.3) is 0 Å². The van der Waals surface area contributed by atoms with E-state index in [-0.39, 0.29) is 18.2 Å². The standard InChI is InChI=1S/C21H33N3O4/c1-20(2,3)28-19(26)24-14-11-21(22,12-15-24)10-7-13-23-18(25)27-16-17-8-5-4-6-9-17/h4-6,8-9H,7,10-16,22H2,1-3H3,(H,23,25). The molecule has 7 heteroatoms. The molecule has 1 aliphatic rings. The van der Waals surface area contributed by atoms with E-state index in [9.17, 15) is 9.59 Å². The number of ether oxygens (including phenoxy) is 2. The maximum Gasteiger partial charge on any atom is 0.410 e. The second-order valence-corrected chi connectivity index (χ2v) is 8.42. The van der Waals surface area contributed by atoms with E-state index in [2.05, 4.69) is 5.32 Å². The third-order valence-corrected chi connectivity index (χ3v) is 4.74. The predicted octanol–water partition coefficient (Wildman–Crippen LogP) is 3.42. The molecule has 0 aliphatic carbocycles. The number of benzene rings is 1. The zero-order valence-corrected chi connectivity index (χ0v) is 17.2. The van der Waals surface area contributed by atoms with Gasteiger partial charge in [-0.15, -0.1) is 0 Å². The maximum atomic E-state index is 12.1. The van der Waals surface area contributed by atoms with Crippen LogP contribution in [0.4, 0.5) is 9.59 Å². The molecule has 0 bridgehead atoms. The summed E-state index contributed by atoms with van der Waals surface area (Å²) in [6.45, 7) is 7.55. The third kappa shape index (κ3) is 7.76. The van der Waals surface area contributed by atoms with Crippen molar-refractivity contribution in [3.05, 3.63) is 35.9 Å². The number of hydrogen-bond acceptors (Lipinski definition) is 5. The largest absolute Gasteiger partial charge is 0.445 e. The Morgan fingerprint density at radius 3 is 2.43 bits per heavy atom. The number of carbonyl (C=O) groups is 2. The first-order valence-corrected chi connectivity index (χ1v) is 9.88. The smallest absolute Gasteiger partial charge is 0.410 e. The summed E-state index contributed by atoms with van der Waals surface area (Å²) in [6, 6.07) is 9.56. The minimum atomic E-state index is -0.491. The van der Waals surface area contributed by atoms with Crippen LogP contribution >= 0.6 is 0 Å². The van der Waals surface area contributed by atoms with Gasteiger partial charge in [-0.1, -0.05) is 30.3 Å². The van der Waals surface area contributed by atoms with Crippen LogP contribution in [-0.4, -0.2) is 47.9 Å². The summed E-state index contributed by atoms with van der Waals surface area (Å²) < 4.78 is 10.6. The topological polar surface area (TPSA) is 93.9 Å². The van der Waals surface area contributed by atoms with E-state index in [1.165, 1.54) is 0 Å². The molecule has 1 aliphatic heterocycles. The normalized spacial score (nSPS) is 16.4. The Bertz CT molecular complexity index is 635. The van der Waals surface area contributed by atoms with Gasteiger partial charge in [-0.2, -0.15) is 0 Å². The van der Waals surface area contributed by atoms with Crippen LogP contribution in [0.1, 0.15) is 52.0 Å². The maximum absolute atomic E-state index is 12.1. The lowest BCUT2D eigenvalue weighted by Gasteiger charge is -2.39. The highest BCUT2D eigenvalue weighted by atomic mass is 16.6. The molecule has 0 spiro atoms. The number of piperidine rings is 1. The number of nitrogens with zero attached hydrogens (tertiary/aromatic N) is 1. The summed E-state index contributed by atoms with van der Waals surface area (Å²) in [7, 11) is 0. The van der Waals surface area contributed by atoms with Gasteiger partial charge in [0, 0.05) is 25.2 Å². The molecular weight excluding hydrogens is 358 g/mol. The van der Waals surface area contributed by atoms with E-state index in [1.54, 1.807) is 4.90 Å². The first-order valence-electron chi connectivity index (χ1n) is 9.88. The monoisotopic (exact) mass is 391 g/mol. The number of likely N-dealkylation sites (tertiary alicyclic amines) is 1. The average molecular weight is 392 g/mol. The lowest BCUT2D eigenvalue weighted by atomic mass is 9.84. The average Bonchev–Trinajstić information content (AvgIpc) is 2.63. The van der Waals surface area contributed by atoms with Crippen LogP contribution in [0, 0.1) is 0 Å². The first-order chi connectivity index (χ1) is 13.2. The van der Waals surface area contributed by atoms with Crippen molar-refractivity contribution in [3.8, 4) is 0 Å². The fourth-order valence-corrected chi connectivity index (χ4v) is 3.12. The molecule has 0 aromatic heterocycles. The number of nitrogens with one attached hydrogen (secondary N) is 1. The third-order valence-electron chi connectivity index (χ3n) is 4.74. The molecule has 1 heterocycles. The van der Waals surface area contributed by atoms with Crippen LogP contribution in [0.5, 0.6) is 0 Å². The van der Waals surface area contributed by atoms with Crippen molar-refractivity contribution in [3.63, 3.8) is 0 Å². The van der Waals surface area contributed by atoms with Crippen molar-refractivity contribution in [1.29, 1.82) is 0 Å². The predicted molar refractivity (Wildman–Crippen MR) is 108 cm³/mol. The van der Waals surface area contributed by atoms with Crippen molar-refractivity contribution in [1.82, 2.24) is 10.2 Å². The minimum absolute atomic E-state index is 0.258. The Hall–Kier alpha value is -2.28. The zero-order chi connectivity index (χ0) is 20.6. The number of alkyl carbamates (subject to hydrolysis) is 1. The summed E-state index contributed by atoms with van der Waals surface area (Å²) in [5, 5.41) is 2.76. The Balaban J connectivity index is 1.61. The highest BCUT2D eigenvalue weighted by Crippen LogP contribution is 2.25. The Morgan fingerprint density at radius 1 is 1.18 bits per heavy atom. The summed E-state index contributed by atoms with van der Waals surface area (Å²) in [4.78, 5) is 25.6. The second kappa shape index (κ2) is 9.78. The van der Waals surface area contributed by atoms with Gasteiger partial charge in [-0.3, -0.25) is 0 Å². The van der Waals surface area contributed by atoms with E-state index in [0.717, 1.165) is 31.2 Å². The fourth-order valence-electron chi connectivity index (χ4n) is 3.12. The Kier molecular flexibility index (Phi) is 7.69. The molecular formula is C21H33N3O4. The Morgan fingerprint density at radius 2 is 1.82 bits per heavy atom. The van der Waals surface area contributed by atoms with E-state index in [4.69, 9.17) is 15.2 Å². The van der Waals surface area contributed by atoms with Crippen molar-refractivity contribution >= 4 is 12.2 Å². The van der Waals surface area contributed by atoms with Crippen LogP contribution < -0.4 is 11.1 Å². The van der Waals surface area contributed by atoms with Crippen molar-refractivity contribution in [2.45, 2.75) is 64.2 Å². The number of amides is 2. The van der Waals surface area contributed by atoms with Crippen molar-refractivity contribution in [2.75, 3.05) is 19.6 Å². The molecule has 2 amide bonds. The van der Waals surface area contributed by atoms with Gasteiger partial charge in [0.05, 0.1) is 0 Å². The second-order valence-electron chi connectivity index (χ2n) is 8.42. The van der Waals surface area contributed by atoms with Crippen LogP contribution in [-0.2, 0) is 16.1 Å². The molecule has 1 fully saturated rings. The zero-order valence-electron chi connectivity index (χ0n) is 17.2. The van der Waals surface area contributed by atoms with Gasteiger partial charge in [-0.25, -0.2) is 9.59 Å². The molecule has 0 unspecified atom stereocenters. The highest BCUT2D eigenvalue weighted by Gasteiger charge is 2.33. The molecule has 156 valence electrons. The molecule has 7 nitrogen and oxygen atoms in total. The van der Waals surface area contributed by atoms with Gasteiger partial charge in [0.25, 0.3) is 0 Å². The molecule has 0 saturated carbocycles. The quantitative estimate of drug-likeness (QED) is 0.725. The van der Waals surface area contributed by atoms with Crippen LogP contribution in [0.2, 0.25) is 0 Å². The van der Waals surface area contributed by atoms with E-state index in [1.807, 2.05) is 51.1 Å². The number of carbonyl (C=O) groups excluding carboxylic acids is 2. The van der Waals surface area contributed by atoms with Gasteiger partial charge >= 0.3 is 12.2 Å². The fraction of sp³-hybridized carbons (Fsp3) is 0.619. The van der Waals surface area contributed by atoms with Gasteiger partial charge in [-0.05, 0) is 52.0 Å². The van der Waals surface area contributed by atoms with Crippen molar-refractivity contribution in [2.24, 2.45) is 5.73 Å². The minimum Gasteiger partial charge on any atom is -0.445 e. The van der Waals surface area contributed by atoms with Gasteiger partial charge < -0.3 is 25.4 Å². The van der Waals surface area contributed by atoms with E-state index >= 15 is 0 Å². The first kappa shape index (κ1) is 22.0. The van der Waals surface area contributed by atoms with Gasteiger partial charge in [0.1, 0.15) is 12.2 Å². The highest BCUT2D eigenvalue weighted by molar-refractivity contribution is 5.68. The molecule has 2 rings (SSSR count). The number of nitrogens with two attached hydrogens (primary N) is 1. The SMILES string of the molecule is CC(C)(C)OC(=O)N1CCC(N)(CCCNC(=O)OCc2ccccc2)CC1. The lowest BCUT2D eigenvalue weighted by Crippen LogP contribution is -2.52.